The Hall–Kier alpha value is -0.0800. The van der Waals surface area contributed by atoms with Crippen LogP contribution in [0.2, 0.25) is 0 Å². The molecule has 2 heteroatoms. The molecular formula is C16H33N2+. The van der Waals surface area contributed by atoms with Crippen molar-refractivity contribution in [2.24, 2.45) is 11.8 Å². The summed E-state index contributed by atoms with van der Waals surface area (Å²) in [7, 11) is 7.03. The molecule has 2 saturated heterocycles. The van der Waals surface area contributed by atoms with E-state index in [9.17, 15) is 0 Å². The van der Waals surface area contributed by atoms with E-state index in [1.165, 1.54) is 75.6 Å². The molecule has 2 rings (SSSR count). The fraction of sp³-hybridized carbons (Fsp3) is 1.00. The molecule has 2 nitrogen and oxygen atoms in total. The van der Waals surface area contributed by atoms with E-state index >= 15 is 0 Å². The first-order chi connectivity index (χ1) is 8.55. The van der Waals surface area contributed by atoms with Crippen molar-refractivity contribution in [1.29, 1.82) is 0 Å². The predicted molar refractivity (Wildman–Crippen MR) is 78.6 cm³/mol. The first-order valence-corrected chi connectivity index (χ1v) is 8.06. The number of nitrogens with zero attached hydrogens (tertiary/aromatic N) is 2. The lowest BCUT2D eigenvalue weighted by Gasteiger charge is -2.37. The van der Waals surface area contributed by atoms with Crippen LogP contribution in [0.5, 0.6) is 0 Å². The third-order valence-corrected chi connectivity index (χ3v) is 5.35. The molecule has 106 valence electrons. The molecule has 0 aromatic heterocycles. The molecular weight excluding hydrogens is 220 g/mol. The summed E-state index contributed by atoms with van der Waals surface area (Å²) in [6, 6.07) is 0. The molecule has 0 saturated carbocycles. The highest BCUT2D eigenvalue weighted by Gasteiger charge is 2.26. The molecule has 2 heterocycles. The summed E-state index contributed by atoms with van der Waals surface area (Å²) in [6.07, 6.45) is 10.3. The lowest BCUT2D eigenvalue weighted by molar-refractivity contribution is -0.896. The summed E-state index contributed by atoms with van der Waals surface area (Å²) in [6.45, 7) is 5.47. The van der Waals surface area contributed by atoms with E-state index in [1.54, 1.807) is 0 Å². The van der Waals surface area contributed by atoms with Crippen molar-refractivity contribution in [3.63, 3.8) is 0 Å². The highest BCUT2D eigenvalue weighted by atomic mass is 15.3. The van der Waals surface area contributed by atoms with E-state index in [4.69, 9.17) is 0 Å². The second kappa shape index (κ2) is 6.38. The minimum absolute atomic E-state index is 1.04. The van der Waals surface area contributed by atoms with E-state index in [0.29, 0.717) is 0 Å². The smallest absolute Gasteiger partial charge is 0.0785 e. The van der Waals surface area contributed by atoms with Crippen molar-refractivity contribution in [1.82, 2.24) is 4.90 Å². The monoisotopic (exact) mass is 253 g/mol. The van der Waals surface area contributed by atoms with Crippen LogP contribution in [0.1, 0.15) is 44.9 Å². The SMILES string of the molecule is CN1CCC(CCCC2CC[N+](C)(C)CC2)CC1. The minimum atomic E-state index is 1.04. The van der Waals surface area contributed by atoms with Gasteiger partial charge in [0.15, 0.2) is 0 Å². The number of likely N-dealkylation sites (tertiary alicyclic amines) is 2. The standard InChI is InChI=1S/C16H33N2/c1-17-11-7-15(8-12-17)5-4-6-16-9-13-18(2,3)14-10-16/h15-16H,4-14H2,1-3H3/q+1. The summed E-state index contributed by atoms with van der Waals surface area (Å²) in [5, 5.41) is 0. The molecule has 0 aromatic rings. The van der Waals surface area contributed by atoms with Crippen molar-refractivity contribution < 1.29 is 4.48 Å². The third kappa shape index (κ3) is 4.55. The zero-order valence-electron chi connectivity index (χ0n) is 12.8. The third-order valence-electron chi connectivity index (χ3n) is 5.35. The average molecular weight is 253 g/mol. The minimum Gasteiger partial charge on any atom is -0.328 e. The van der Waals surface area contributed by atoms with Crippen LogP contribution in [-0.2, 0) is 0 Å². The first kappa shape index (κ1) is 14.3. The van der Waals surface area contributed by atoms with Crippen molar-refractivity contribution in [2.45, 2.75) is 44.9 Å². The fourth-order valence-corrected chi connectivity index (χ4v) is 3.65. The maximum absolute atomic E-state index is 2.48. The zero-order valence-corrected chi connectivity index (χ0v) is 12.8. The van der Waals surface area contributed by atoms with Gasteiger partial charge in [-0.3, -0.25) is 0 Å². The number of rotatable bonds is 4. The Labute approximate surface area is 114 Å². The molecule has 18 heavy (non-hydrogen) atoms. The van der Waals surface area contributed by atoms with Gasteiger partial charge in [0.1, 0.15) is 0 Å². The van der Waals surface area contributed by atoms with Crippen LogP contribution in [0.15, 0.2) is 0 Å². The molecule has 2 fully saturated rings. The molecule has 0 N–H and O–H groups in total. The topological polar surface area (TPSA) is 3.24 Å². The zero-order chi connectivity index (χ0) is 13.0. The molecule has 2 aliphatic rings. The van der Waals surface area contributed by atoms with Crippen molar-refractivity contribution in [3.05, 3.63) is 0 Å². The summed E-state index contributed by atoms with van der Waals surface area (Å²) >= 11 is 0. The van der Waals surface area contributed by atoms with Gasteiger partial charge in [0, 0.05) is 0 Å². The van der Waals surface area contributed by atoms with Crippen LogP contribution in [0.3, 0.4) is 0 Å². The summed E-state index contributed by atoms with van der Waals surface area (Å²) < 4.78 is 1.26. The Morgan fingerprint density at radius 2 is 1.39 bits per heavy atom. The molecule has 0 atom stereocenters. The van der Waals surface area contributed by atoms with E-state index in [-0.39, 0.29) is 0 Å². The van der Waals surface area contributed by atoms with Gasteiger partial charge < -0.3 is 9.38 Å². The Kier molecular flexibility index (Phi) is 5.08. The van der Waals surface area contributed by atoms with Crippen LogP contribution >= 0.6 is 0 Å². The van der Waals surface area contributed by atoms with Gasteiger partial charge in [-0.05, 0) is 57.7 Å². The second-order valence-corrected chi connectivity index (χ2v) is 7.50. The van der Waals surface area contributed by atoms with Gasteiger partial charge in [-0.15, -0.1) is 0 Å². The van der Waals surface area contributed by atoms with E-state index < -0.39 is 0 Å². The van der Waals surface area contributed by atoms with Crippen molar-refractivity contribution >= 4 is 0 Å². The predicted octanol–water partition coefficient (Wildman–Crippen LogP) is 2.98. The van der Waals surface area contributed by atoms with Crippen LogP contribution in [0.25, 0.3) is 0 Å². The van der Waals surface area contributed by atoms with Crippen molar-refractivity contribution in [2.75, 3.05) is 47.3 Å². The van der Waals surface area contributed by atoms with Gasteiger partial charge in [0.25, 0.3) is 0 Å². The van der Waals surface area contributed by atoms with Gasteiger partial charge in [-0.25, -0.2) is 0 Å². The summed E-state index contributed by atoms with van der Waals surface area (Å²) in [5.74, 6) is 2.08. The van der Waals surface area contributed by atoms with Gasteiger partial charge in [-0.2, -0.15) is 0 Å². The second-order valence-electron chi connectivity index (χ2n) is 7.50. The lowest BCUT2D eigenvalue weighted by Crippen LogP contribution is -2.46. The Balaban J connectivity index is 1.56. The quantitative estimate of drug-likeness (QED) is 0.696. The fourth-order valence-electron chi connectivity index (χ4n) is 3.65. The van der Waals surface area contributed by atoms with E-state index in [0.717, 1.165) is 11.8 Å². The van der Waals surface area contributed by atoms with E-state index in [1.807, 2.05) is 0 Å². The number of quaternary nitrogens is 1. The van der Waals surface area contributed by atoms with Crippen LogP contribution < -0.4 is 0 Å². The van der Waals surface area contributed by atoms with Crippen LogP contribution in [0, 0.1) is 11.8 Å². The normalized spacial score (nSPS) is 27.5. The molecule has 2 aliphatic heterocycles. The largest absolute Gasteiger partial charge is 0.328 e. The molecule has 0 bridgehead atoms. The summed E-state index contributed by atoms with van der Waals surface area (Å²) in [4.78, 5) is 2.48. The van der Waals surface area contributed by atoms with Crippen LogP contribution in [-0.4, -0.2) is 56.7 Å². The number of piperidine rings is 2. The molecule has 0 unspecified atom stereocenters. The highest BCUT2D eigenvalue weighted by Crippen LogP contribution is 2.27. The van der Waals surface area contributed by atoms with Crippen LogP contribution in [0.4, 0.5) is 0 Å². The molecule has 0 aromatic carbocycles. The molecule has 0 radical (unpaired) electrons. The molecule has 0 amide bonds. The Morgan fingerprint density at radius 1 is 0.889 bits per heavy atom. The van der Waals surface area contributed by atoms with E-state index in [2.05, 4.69) is 26.0 Å². The van der Waals surface area contributed by atoms with Gasteiger partial charge in [-0.1, -0.05) is 19.3 Å². The van der Waals surface area contributed by atoms with Crippen molar-refractivity contribution in [3.8, 4) is 0 Å². The number of hydrogen-bond donors (Lipinski definition) is 0. The molecule has 0 spiro atoms. The Bertz CT molecular complexity index is 231. The highest BCUT2D eigenvalue weighted by molar-refractivity contribution is 4.71. The Morgan fingerprint density at radius 3 is 1.94 bits per heavy atom. The molecule has 0 aliphatic carbocycles. The van der Waals surface area contributed by atoms with Gasteiger partial charge in [0.05, 0.1) is 27.2 Å². The number of hydrogen-bond acceptors (Lipinski definition) is 1. The maximum atomic E-state index is 2.48. The van der Waals surface area contributed by atoms with Gasteiger partial charge in [0.2, 0.25) is 0 Å². The summed E-state index contributed by atoms with van der Waals surface area (Å²) in [5.41, 5.74) is 0. The lowest BCUT2D eigenvalue weighted by atomic mass is 9.86. The van der Waals surface area contributed by atoms with Gasteiger partial charge >= 0.3 is 0 Å². The average Bonchev–Trinajstić information content (AvgIpc) is 2.34. The maximum Gasteiger partial charge on any atom is 0.0785 e. The first-order valence-electron chi connectivity index (χ1n) is 8.06.